The third-order valence-corrected chi connectivity index (χ3v) is 9.09. The van der Waals surface area contributed by atoms with E-state index in [1.165, 1.54) is 31.2 Å². The van der Waals surface area contributed by atoms with Gasteiger partial charge in [-0.25, -0.2) is 27.5 Å². The molecule has 3 heterocycles. The summed E-state index contributed by atoms with van der Waals surface area (Å²) in [7, 11) is -4.48. The monoisotopic (exact) mass is 713 g/mol. The van der Waals surface area contributed by atoms with Gasteiger partial charge < -0.3 is 14.8 Å². The minimum Gasteiger partial charge on any atom is -0.569 e. The lowest BCUT2D eigenvalue weighted by Crippen LogP contribution is -2.56. The number of nitrogens with zero attached hydrogens (tertiary/aromatic N) is 6. The highest BCUT2D eigenvalue weighted by Gasteiger charge is 2.41. The van der Waals surface area contributed by atoms with Crippen LogP contribution in [0.5, 0.6) is 0 Å². The molecule has 3 aromatic carbocycles. The van der Waals surface area contributed by atoms with Gasteiger partial charge in [0.15, 0.2) is 5.69 Å². The maximum Gasteiger partial charge on any atom is 0.435 e. The number of benzene rings is 3. The number of hydrogen-bond donors (Lipinski definition) is 1. The number of aryl methyl sites for hydroxylation is 1. The first-order chi connectivity index (χ1) is 23.6. The van der Waals surface area contributed by atoms with Crippen LogP contribution < -0.4 is 4.72 Å². The second kappa shape index (κ2) is 12.8. The van der Waals surface area contributed by atoms with Crippen molar-refractivity contribution < 1.29 is 50.5 Å². The molecule has 4 aromatic rings. The second-order valence-corrected chi connectivity index (χ2v) is 12.9. The summed E-state index contributed by atoms with van der Waals surface area (Å²) in [6.07, 6.45) is -8.19. The number of rotatable bonds is 9. The molecule has 0 saturated carbocycles. The quantitative estimate of drug-likeness (QED) is 0.113. The van der Waals surface area contributed by atoms with Gasteiger partial charge in [0, 0.05) is 5.56 Å². The number of imide groups is 1. The average Bonchev–Trinajstić information content (AvgIpc) is 3.61. The number of amides is 3. The van der Waals surface area contributed by atoms with E-state index in [-0.39, 0.29) is 45.5 Å². The van der Waals surface area contributed by atoms with Crippen molar-refractivity contribution in [3.05, 3.63) is 106 Å². The standard InChI is InChI=1S/C31H26F3N7O8S/c1-18-7-9-20(10-8-18)26-15-27(31(32,33)34)35-40(26)21-11-13-23(14-12-21)50(46,47)36-30(44)48-22-16-38(17-22)41(45)37-49-19(2)39-28(42)24-5-3-4-6-25(24)29(39)43/h3-15,19,22H,16-17H2,1-2H3,(H,36,44). The summed E-state index contributed by atoms with van der Waals surface area (Å²) < 4.78 is 74.1. The molecule has 1 saturated heterocycles. The van der Waals surface area contributed by atoms with E-state index in [4.69, 9.17) is 9.57 Å². The molecule has 0 radical (unpaired) electrons. The Balaban J connectivity index is 1.03. The highest BCUT2D eigenvalue weighted by Crippen LogP contribution is 2.33. The molecule has 260 valence electrons. The van der Waals surface area contributed by atoms with Crippen molar-refractivity contribution in [2.45, 2.75) is 37.3 Å². The minimum atomic E-state index is -4.73. The highest BCUT2D eigenvalue weighted by atomic mass is 32.2. The summed E-state index contributed by atoms with van der Waals surface area (Å²) in [5.41, 5.74) is 0.841. The number of carbonyl (C=O) groups is 3. The van der Waals surface area contributed by atoms with Gasteiger partial charge in [0.1, 0.15) is 19.2 Å². The molecular weight excluding hydrogens is 687 g/mol. The van der Waals surface area contributed by atoms with E-state index in [9.17, 15) is 41.2 Å². The second-order valence-electron chi connectivity index (χ2n) is 11.3. The molecule has 19 heteroatoms. The van der Waals surface area contributed by atoms with Gasteiger partial charge in [-0.15, -0.1) is 5.01 Å². The van der Waals surface area contributed by atoms with E-state index in [2.05, 4.69) is 10.4 Å². The van der Waals surface area contributed by atoms with E-state index in [0.29, 0.717) is 5.56 Å². The molecule has 1 fully saturated rings. The topological polar surface area (TPSA) is 179 Å². The molecule has 50 heavy (non-hydrogen) atoms. The molecule has 2 aliphatic rings. The maximum absolute atomic E-state index is 13.5. The zero-order valence-electron chi connectivity index (χ0n) is 26.1. The van der Waals surface area contributed by atoms with Gasteiger partial charge in [-0.05, 0) is 56.3 Å². The summed E-state index contributed by atoms with van der Waals surface area (Å²) in [5, 5.41) is 20.4. The van der Waals surface area contributed by atoms with Gasteiger partial charge in [0.25, 0.3) is 21.8 Å². The van der Waals surface area contributed by atoms with E-state index < -0.39 is 52.1 Å². The number of hydrogen-bond acceptors (Lipinski definition) is 10. The first kappa shape index (κ1) is 33.9. The molecule has 1 unspecified atom stereocenters. The number of fused-ring (bicyclic) bond motifs is 1. The Bertz CT molecular complexity index is 2080. The Kier molecular flexibility index (Phi) is 8.68. The Labute approximate surface area is 281 Å². The van der Waals surface area contributed by atoms with Crippen LogP contribution in [0.15, 0.2) is 89.0 Å². The number of halogens is 3. The smallest absolute Gasteiger partial charge is 0.435 e. The average molecular weight is 714 g/mol. The predicted octanol–water partition coefficient (Wildman–Crippen LogP) is 4.42. The molecule has 0 aliphatic carbocycles. The van der Waals surface area contributed by atoms with Crippen LogP contribution in [-0.2, 0) is 25.8 Å². The van der Waals surface area contributed by atoms with E-state index in [0.717, 1.165) is 38.4 Å². The zero-order chi connectivity index (χ0) is 36.0. The Morgan fingerprint density at radius 1 is 1.02 bits per heavy atom. The van der Waals surface area contributed by atoms with E-state index in [1.54, 1.807) is 41.1 Å². The molecule has 0 spiro atoms. The highest BCUT2D eigenvalue weighted by molar-refractivity contribution is 7.90. The summed E-state index contributed by atoms with van der Waals surface area (Å²) in [6.45, 7) is 2.80. The number of sulfonamides is 1. The maximum atomic E-state index is 13.5. The van der Waals surface area contributed by atoms with Crippen LogP contribution >= 0.6 is 0 Å². The molecule has 2 aliphatic heterocycles. The first-order valence-electron chi connectivity index (χ1n) is 14.8. The number of hydrazine groups is 1. The predicted molar refractivity (Wildman–Crippen MR) is 164 cm³/mol. The summed E-state index contributed by atoms with van der Waals surface area (Å²) >= 11 is 0. The lowest BCUT2D eigenvalue weighted by Gasteiger charge is -2.33. The molecule has 1 atom stereocenters. The Hall–Kier alpha value is -5.98. The number of ether oxygens (including phenoxy) is 1. The van der Waals surface area contributed by atoms with Crippen LogP contribution in [0, 0.1) is 12.1 Å². The van der Waals surface area contributed by atoms with Gasteiger partial charge in [-0.3, -0.25) is 9.59 Å². The van der Waals surface area contributed by atoms with E-state index >= 15 is 0 Å². The lowest BCUT2D eigenvalue weighted by atomic mass is 10.1. The van der Waals surface area contributed by atoms with Crippen molar-refractivity contribution in [1.29, 1.82) is 0 Å². The fourth-order valence-electron chi connectivity index (χ4n) is 5.13. The molecule has 0 bridgehead atoms. The van der Waals surface area contributed by atoms with Crippen molar-refractivity contribution in [2.75, 3.05) is 13.1 Å². The first-order valence-corrected chi connectivity index (χ1v) is 16.2. The molecular formula is C31H26F3N7O8S. The van der Waals surface area contributed by atoms with Crippen molar-refractivity contribution in [3.8, 4) is 16.9 Å². The third kappa shape index (κ3) is 6.66. The zero-order valence-corrected chi connectivity index (χ0v) is 26.9. The van der Waals surface area contributed by atoms with Crippen molar-refractivity contribution in [2.24, 2.45) is 5.28 Å². The minimum absolute atomic E-state index is 0.0340. The SMILES string of the molecule is Cc1ccc(-c2cc(C(F)(F)F)nn2-c2ccc(S(=O)(=O)NC(=O)OC3CN([N+]([O-])=NOC(C)N4C(=O)c5ccccc5C4=O)C3)cc2)cc1. The summed E-state index contributed by atoms with van der Waals surface area (Å²) in [4.78, 5) is 43.0. The molecule has 3 amide bonds. The third-order valence-electron chi connectivity index (χ3n) is 7.76. The summed E-state index contributed by atoms with van der Waals surface area (Å²) in [6, 6.07) is 18.4. The molecule has 15 nitrogen and oxygen atoms in total. The van der Waals surface area contributed by atoms with Crippen molar-refractivity contribution in [1.82, 2.24) is 24.4 Å². The van der Waals surface area contributed by atoms with Gasteiger partial charge in [-0.2, -0.15) is 18.3 Å². The Morgan fingerprint density at radius 3 is 2.20 bits per heavy atom. The van der Waals surface area contributed by atoms with Crippen LogP contribution in [-0.4, -0.2) is 76.4 Å². The largest absolute Gasteiger partial charge is 0.569 e. The lowest BCUT2D eigenvalue weighted by molar-refractivity contribution is -0.727. The normalized spacial score (nSPS) is 15.8. The van der Waals surface area contributed by atoms with Gasteiger partial charge >= 0.3 is 12.3 Å². The fourth-order valence-corrected chi connectivity index (χ4v) is 6.01. The molecule has 6 rings (SSSR count). The Morgan fingerprint density at radius 2 is 1.62 bits per heavy atom. The van der Waals surface area contributed by atoms with Gasteiger partial charge in [0.05, 0.1) is 32.4 Å². The van der Waals surface area contributed by atoms with Crippen LogP contribution in [0.3, 0.4) is 0 Å². The van der Waals surface area contributed by atoms with Crippen molar-refractivity contribution in [3.63, 3.8) is 0 Å². The van der Waals surface area contributed by atoms with Crippen LogP contribution in [0.1, 0.15) is 38.9 Å². The number of aromatic nitrogens is 2. The van der Waals surface area contributed by atoms with Gasteiger partial charge in [0.2, 0.25) is 11.5 Å². The number of alkyl halides is 3. The van der Waals surface area contributed by atoms with Crippen LogP contribution in [0.4, 0.5) is 18.0 Å². The molecule has 1 aromatic heterocycles. The van der Waals surface area contributed by atoms with Crippen molar-refractivity contribution >= 4 is 27.9 Å². The number of nitrogens with one attached hydrogen (secondary N) is 1. The number of carbonyl (C=O) groups excluding carboxylic acids is 3. The van der Waals surface area contributed by atoms with Crippen LogP contribution in [0.25, 0.3) is 16.9 Å². The van der Waals surface area contributed by atoms with Gasteiger partial charge in [-0.1, -0.05) is 42.0 Å². The van der Waals surface area contributed by atoms with E-state index in [1.807, 2.05) is 6.92 Å². The van der Waals surface area contributed by atoms with Crippen LogP contribution in [0.2, 0.25) is 0 Å². The fraction of sp³-hybridized carbons (Fsp3) is 0.226. The molecule has 1 N–H and O–H groups in total. The summed E-state index contributed by atoms with van der Waals surface area (Å²) in [5.74, 6) is -1.21.